The number of carbonyl (C=O) groups is 1. The Morgan fingerprint density at radius 3 is 2.40 bits per heavy atom. The van der Waals surface area contributed by atoms with Gasteiger partial charge < -0.3 is 10.6 Å². The molecule has 1 amide bonds. The maximum absolute atomic E-state index is 11.8. The predicted octanol–water partition coefficient (Wildman–Crippen LogP) is 3.86. The van der Waals surface area contributed by atoms with Crippen LogP contribution in [0.15, 0.2) is 54.6 Å². The van der Waals surface area contributed by atoms with Crippen molar-refractivity contribution in [1.82, 2.24) is 0 Å². The second-order valence-electron chi connectivity index (χ2n) is 5.05. The maximum atomic E-state index is 11.8. The highest BCUT2D eigenvalue weighted by atomic mass is 16.1. The molecule has 0 spiro atoms. The molecule has 0 aliphatic rings. The summed E-state index contributed by atoms with van der Waals surface area (Å²) in [7, 11) is 0. The van der Waals surface area contributed by atoms with E-state index in [1.54, 1.807) is 0 Å². The van der Waals surface area contributed by atoms with Gasteiger partial charge in [0.15, 0.2) is 0 Å². The molecule has 104 valence electrons. The minimum Gasteiger partial charge on any atom is -0.376 e. The molecule has 0 aliphatic heterocycles. The van der Waals surface area contributed by atoms with Crippen LogP contribution in [0.4, 0.5) is 11.4 Å². The molecule has 0 aliphatic carbocycles. The highest BCUT2D eigenvalue weighted by Gasteiger charge is 2.03. The van der Waals surface area contributed by atoms with E-state index in [4.69, 9.17) is 0 Å². The molecule has 2 aromatic carbocycles. The van der Waals surface area contributed by atoms with Crippen molar-refractivity contribution >= 4 is 17.3 Å². The summed E-state index contributed by atoms with van der Waals surface area (Å²) in [5, 5.41) is 6.00. The third kappa shape index (κ3) is 4.12. The van der Waals surface area contributed by atoms with E-state index < -0.39 is 0 Å². The molecule has 0 saturated carbocycles. The van der Waals surface area contributed by atoms with Crippen LogP contribution in [-0.2, 0) is 4.79 Å². The number of rotatable bonds is 5. The van der Waals surface area contributed by atoms with Crippen LogP contribution in [0.2, 0.25) is 0 Å². The molecule has 2 aromatic rings. The Morgan fingerprint density at radius 2 is 1.70 bits per heavy atom. The van der Waals surface area contributed by atoms with Crippen molar-refractivity contribution in [2.45, 2.75) is 19.8 Å². The first-order valence-electron chi connectivity index (χ1n) is 6.84. The van der Waals surface area contributed by atoms with E-state index in [0.29, 0.717) is 5.92 Å². The number of hydrogen-bond donors (Lipinski definition) is 2. The van der Waals surface area contributed by atoms with Crippen LogP contribution >= 0.6 is 0 Å². The Morgan fingerprint density at radius 1 is 1.00 bits per heavy atom. The van der Waals surface area contributed by atoms with Gasteiger partial charge >= 0.3 is 0 Å². The van der Waals surface area contributed by atoms with E-state index >= 15 is 0 Å². The Labute approximate surface area is 120 Å². The van der Waals surface area contributed by atoms with Gasteiger partial charge in [-0.3, -0.25) is 4.79 Å². The van der Waals surface area contributed by atoms with E-state index in [0.717, 1.165) is 11.4 Å². The van der Waals surface area contributed by atoms with Crippen molar-refractivity contribution in [2.24, 2.45) is 0 Å². The maximum Gasteiger partial charge on any atom is 0.243 e. The summed E-state index contributed by atoms with van der Waals surface area (Å²) in [6, 6.07) is 17.6. The van der Waals surface area contributed by atoms with Gasteiger partial charge in [0.05, 0.1) is 6.54 Å². The third-order valence-electron chi connectivity index (χ3n) is 3.06. The van der Waals surface area contributed by atoms with Crippen molar-refractivity contribution in [3.63, 3.8) is 0 Å². The zero-order valence-corrected chi connectivity index (χ0v) is 11.9. The van der Waals surface area contributed by atoms with E-state index in [2.05, 4.69) is 36.6 Å². The van der Waals surface area contributed by atoms with Crippen molar-refractivity contribution in [3.8, 4) is 0 Å². The molecule has 0 fully saturated rings. The predicted molar refractivity (Wildman–Crippen MR) is 84.1 cm³/mol. The lowest BCUT2D eigenvalue weighted by molar-refractivity contribution is -0.114. The topological polar surface area (TPSA) is 41.1 Å². The fourth-order valence-electron chi connectivity index (χ4n) is 1.92. The lowest BCUT2D eigenvalue weighted by Crippen LogP contribution is -2.21. The monoisotopic (exact) mass is 268 g/mol. The second-order valence-corrected chi connectivity index (χ2v) is 5.05. The normalized spacial score (nSPS) is 10.3. The summed E-state index contributed by atoms with van der Waals surface area (Å²) in [6.45, 7) is 4.57. The van der Waals surface area contributed by atoms with Crippen molar-refractivity contribution in [1.29, 1.82) is 0 Å². The zero-order chi connectivity index (χ0) is 14.4. The molecule has 3 nitrogen and oxygen atoms in total. The molecule has 0 bridgehead atoms. The Kier molecular flexibility index (Phi) is 4.77. The second kappa shape index (κ2) is 6.75. The van der Waals surface area contributed by atoms with Crippen LogP contribution in [0.5, 0.6) is 0 Å². The quantitative estimate of drug-likeness (QED) is 0.864. The highest BCUT2D eigenvalue weighted by Crippen LogP contribution is 2.18. The third-order valence-corrected chi connectivity index (χ3v) is 3.06. The number of carbonyl (C=O) groups excluding carboxylic acids is 1. The van der Waals surface area contributed by atoms with Crippen LogP contribution in [0.25, 0.3) is 0 Å². The number of para-hydroxylation sites is 1. The van der Waals surface area contributed by atoms with Gasteiger partial charge in [0.1, 0.15) is 0 Å². The van der Waals surface area contributed by atoms with E-state index in [1.807, 2.05) is 42.5 Å². The standard InChI is InChI=1S/C17H20N2O/c1-13(2)14-7-6-10-16(11-14)18-12-17(20)19-15-8-4-3-5-9-15/h3-11,13,18H,12H2,1-2H3,(H,19,20). The minimum absolute atomic E-state index is 0.0499. The van der Waals surface area contributed by atoms with Gasteiger partial charge in [-0.1, -0.05) is 44.2 Å². The van der Waals surface area contributed by atoms with Crippen molar-refractivity contribution < 1.29 is 4.79 Å². The Bertz CT molecular complexity index is 564. The van der Waals surface area contributed by atoms with Gasteiger partial charge in [0.25, 0.3) is 0 Å². The largest absolute Gasteiger partial charge is 0.376 e. The van der Waals surface area contributed by atoms with Gasteiger partial charge in [-0.15, -0.1) is 0 Å². The zero-order valence-electron chi connectivity index (χ0n) is 11.9. The first-order chi connectivity index (χ1) is 9.65. The molecule has 20 heavy (non-hydrogen) atoms. The van der Waals surface area contributed by atoms with Crippen LogP contribution in [0.3, 0.4) is 0 Å². The van der Waals surface area contributed by atoms with Gasteiger partial charge in [0.2, 0.25) is 5.91 Å². The molecular formula is C17H20N2O. The molecule has 0 heterocycles. The molecule has 0 saturated heterocycles. The molecule has 0 aromatic heterocycles. The van der Waals surface area contributed by atoms with Gasteiger partial charge in [-0.2, -0.15) is 0 Å². The summed E-state index contributed by atoms with van der Waals surface area (Å²) in [5.41, 5.74) is 3.05. The summed E-state index contributed by atoms with van der Waals surface area (Å²) in [4.78, 5) is 11.8. The molecule has 0 atom stereocenters. The van der Waals surface area contributed by atoms with Gasteiger partial charge in [0, 0.05) is 11.4 Å². The average Bonchev–Trinajstić information content (AvgIpc) is 2.46. The van der Waals surface area contributed by atoms with Gasteiger partial charge in [-0.05, 0) is 35.7 Å². The number of anilines is 2. The van der Waals surface area contributed by atoms with Crippen LogP contribution < -0.4 is 10.6 Å². The lowest BCUT2D eigenvalue weighted by atomic mass is 10.0. The molecule has 3 heteroatoms. The summed E-state index contributed by atoms with van der Waals surface area (Å²) >= 11 is 0. The molecule has 2 N–H and O–H groups in total. The molecule has 0 radical (unpaired) electrons. The average molecular weight is 268 g/mol. The summed E-state index contributed by atoms with van der Waals surface area (Å²) in [6.07, 6.45) is 0. The number of benzene rings is 2. The first kappa shape index (κ1) is 14.1. The highest BCUT2D eigenvalue weighted by molar-refractivity contribution is 5.93. The van der Waals surface area contributed by atoms with Crippen LogP contribution in [-0.4, -0.2) is 12.5 Å². The number of amides is 1. The fraction of sp³-hybridized carbons (Fsp3) is 0.235. The number of hydrogen-bond acceptors (Lipinski definition) is 2. The van der Waals surface area contributed by atoms with Gasteiger partial charge in [-0.25, -0.2) is 0 Å². The Balaban J connectivity index is 1.89. The lowest BCUT2D eigenvalue weighted by Gasteiger charge is -2.10. The van der Waals surface area contributed by atoms with E-state index in [9.17, 15) is 4.79 Å². The number of nitrogens with one attached hydrogen (secondary N) is 2. The summed E-state index contributed by atoms with van der Waals surface area (Å²) < 4.78 is 0. The van der Waals surface area contributed by atoms with Crippen LogP contribution in [0, 0.1) is 0 Å². The minimum atomic E-state index is -0.0499. The Hall–Kier alpha value is -2.29. The van der Waals surface area contributed by atoms with Crippen molar-refractivity contribution in [3.05, 3.63) is 60.2 Å². The van der Waals surface area contributed by atoms with E-state index in [1.165, 1.54) is 5.56 Å². The van der Waals surface area contributed by atoms with E-state index in [-0.39, 0.29) is 12.5 Å². The fourth-order valence-corrected chi connectivity index (χ4v) is 1.92. The SMILES string of the molecule is CC(C)c1cccc(NCC(=O)Nc2ccccc2)c1. The van der Waals surface area contributed by atoms with Crippen LogP contribution in [0.1, 0.15) is 25.3 Å². The van der Waals surface area contributed by atoms with Crippen molar-refractivity contribution in [2.75, 3.05) is 17.2 Å². The first-order valence-corrected chi connectivity index (χ1v) is 6.84. The molecular weight excluding hydrogens is 248 g/mol. The summed E-state index contributed by atoms with van der Waals surface area (Å²) in [5.74, 6) is 0.432. The molecule has 2 rings (SSSR count). The molecule has 0 unspecified atom stereocenters. The smallest absolute Gasteiger partial charge is 0.243 e.